The summed E-state index contributed by atoms with van der Waals surface area (Å²) >= 11 is 0. The van der Waals surface area contributed by atoms with Gasteiger partial charge < -0.3 is 10.4 Å². The van der Waals surface area contributed by atoms with Crippen molar-refractivity contribution in [1.82, 2.24) is 5.32 Å². The van der Waals surface area contributed by atoms with Gasteiger partial charge in [0.1, 0.15) is 6.04 Å². The lowest BCUT2D eigenvalue weighted by atomic mass is 9.85. The molecule has 1 aliphatic heterocycles. The highest BCUT2D eigenvalue weighted by atomic mass is 16.4. The summed E-state index contributed by atoms with van der Waals surface area (Å²) in [7, 11) is 0. The molecule has 0 amide bonds. The molecule has 2 fully saturated rings. The summed E-state index contributed by atoms with van der Waals surface area (Å²) in [6, 6.07) is 0.234. The van der Waals surface area contributed by atoms with Crippen LogP contribution in [0, 0.1) is 5.92 Å². The number of carbonyl (C=O) groups is 1. The SMILES string of the molecule is O=C(O)[C@@H]1C[C@@H]2CCCCC2N1. The van der Waals surface area contributed by atoms with E-state index in [4.69, 9.17) is 5.11 Å². The zero-order valence-corrected chi connectivity index (χ0v) is 7.12. The third-order valence-electron chi connectivity index (χ3n) is 3.16. The summed E-state index contributed by atoms with van der Waals surface area (Å²) in [5.41, 5.74) is 0. The Balaban J connectivity index is 1.98. The molecule has 3 heteroatoms. The number of nitrogens with one attached hydrogen (secondary N) is 1. The van der Waals surface area contributed by atoms with Crippen molar-refractivity contribution in [2.24, 2.45) is 5.92 Å². The van der Waals surface area contributed by atoms with Gasteiger partial charge in [0.15, 0.2) is 0 Å². The van der Waals surface area contributed by atoms with Crippen LogP contribution >= 0.6 is 0 Å². The van der Waals surface area contributed by atoms with E-state index in [2.05, 4.69) is 5.32 Å². The molecule has 0 aromatic rings. The highest BCUT2D eigenvalue weighted by molar-refractivity contribution is 5.74. The molecule has 1 aliphatic carbocycles. The van der Waals surface area contributed by atoms with Crippen molar-refractivity contribution in [1.29, 1.82) is 0 Å². The van der Waals surface area contributed by atoms with E-state index in [9.17, 15) is 4.79 Å². The maximum absolute atomic E-state index is 10.7. The molecular weight excluding hydrogens is 154 g/mol. The van der Waals surface area contributed by atoms with E-state index < -0.39 is 5.97 Å². The number of carboxylic acids is 1. The van der Waals surface area contributed by atoms with Gasteiger partial charge in [-0.05, 0) is 25.2 Å². The number of rotatable bonds is 1. The first-order valence-electron chi connectivity index (χ1n) is 4.76. The van der Waals surface area contributed by atoms with Crippen LogP contribution in [0.3, 0.4) is 0 Å². The summed E-state index contributed by atoms with van der Waals surface area (Å²) in [6.45, 7) is 0. The van der Waals surface area contributed by atoms with E-state index in [1.807, 2.05) is 0 Å². The standard InChI is InChI=1S/C9H15NO2/c11-9(12)8-5-6-3-1-2-4-7(6)10-8/h6-8,10H,1-5H2,(H,11,12)/t6-,7?,8-/m0/s1. The Morgan fingerprint density at radius 2 is 2.08 bits per heavy atom. The van der Waals surface area contributed by atoms with Gasteiger partial charge in [-0.1, -0.05) is 12.8 Å². The van der Waals surface area contributed by atoms with Crippen LogP contribution in [-0.2, 0) is 4.79 Å². The van der Waals surface area contributed by atoms with E-state index >= 15 is 0 Å². The minimum atomic E-state index is -0.676. The van der Waals surface area contributed by atoms with Gasteiger partial charge in [-0.2, -0.15) is 0 Å². The van der Waals surface area contributed by atoms with Gasteiger partial charge in [-0.15, -0.1) is 0 Å². The summed E-state index contributed by atoms with van der Waals surface area (Å²) < 4.78 is 0. The number of hydrogen-bond acceptors (Lipinski definition) is 2. The van der Waals surface area contributed by atoms with Crippen LogP contribution in [0.2, 0.25) is 0 Å². The maximum Gasteiger partial charge on any atom is 0.320 e. The fourth-order valence-corrected chi connectivity index (χ4v) is 2.51. The fourth-order valence-electron chi connectivity index (χ4n) is 2.51. The maximum atomic E-state index is 10.7. The number of fused-ring (bicyclic) bond motifs is 1. The van der Waals surface area contributed by atoms with Crippen LogP contribution in [0.1, 0.15) is 32.1 Å². The van der Waals surface area contributed by atoms with E-state index in [-0.39, 0.29) is 6.04 Å². The first kappa shape index (κ1) is 8.05. The van der Waals surface area contributed by atoms with Crippen LogP contribution in [0.4, 0.5) is 0 Å². The third-order valence-corrected chi connectivity index (χ3v) is 3.16. The molecule has 0 bridgehead atoms. The average molecular weight is 169 g/mol. The molecule has 12 heavy (non-hydrogen) atoms. The van der Waals surface area contributed by atoms with Gasteiger partial charge >= 0.3 is 5.97 Å². The van der Waals surface area contributed by atoms with Crippen molar-refractivity contribution in [3.63, 3.8) is 0 Å². The summed E-state index contributed by atoms with van der Waals surface area (Å²) in [5.74, 6) is -0.0377. The third kappa shape index (κ3) is 1.33. The molecule has 1 heterocycles. The molecule has 68 valence electrons. The van der Waals surface area contributed by atoms with Crippen molar-refractivity contribution in [2.75, 3.05) is 0 Å². The smallest absolute Gasteiger partial charge is 0.320 e. The van der Waals surface area contributed by atoms with Gasteiger partial charge in [0, 0.05) is 6.04 Å². The molecule has 3 nitrogen and oxygen atoms in total. The second kappa shape index (κ2) is 3.05. The lowest BCUT2D eigenvalue weighted by Crippen LogP contribution is -2.36. The Bertz CT molecular complexity index is 179. The predicted octanol–water partition coefficient (Wildman–Crippen LogP) is 0.992. The van der Waals surface area contributed by atoms with Crippen molar-refractivity contribution in [3.05, 3.63) is 0 Å². The van der Waals surface area contributed by atoms with Gasteiger partial charge in [0.05, 0.1) is 0 Å². The largest absolute Gasteiger partial charge is 0.480 e. The molecule has 0 spiro atoms. The van der Waals surface area contributed by atoms with Crippen LogP contribution in [0.25, 0.3) is 0 Å². The molecule has 2 rings (SSSR count). The molecular formula is C9H15NO2. The lowest BCUT2D eigenvalue weighted by molar-refractivity contribution is -0.139. The van der Waals surface area contributed by atoms with Crippen LogP contribution in [0.15, 0.2) is 0 Å². The molecule has 0 aromatic carbocycles. The molecule has 3 atom stereocenters. The molecule has 1 unspecified atom stereocenters. The van der Waals surface area contributed by atoms with Crippen molar-refractivity contribution >= 4 is 5.97 Å². The second-order valence-electron chi connectivity index (χ2n) is 3.94. The molecule has 0 aromatic heterocycles. The van der Waals surface area contributed by atoms with E-state index in [1.165, 1.54) is 25.7 Å². The molecule has 0 radical (unpaired) electrons. The summed E-state index contributed by atoms with van der Waals surface area (Å²) in [5, 5.41) is 12.0. The Morgan fingerprint density at radius 1 is 1.33 bits per heavy atom. The lowest BCUT2D eigenvalue weighted by Gasteiger charge is -2.24. The van der Waals surface area contributed by atoms with E-state index in [0.717, 1.165) is 6.42 Å². The Hall–Kier alpha value is -0.570. The minimum absolute atomic E-state index is 0.266. The first-order valence-corrected chi connectivity index (χ1v) is 4.76. The first-order chi connectivity index (χ1) is 5.77. The van der Waals surface area contributed by atoms with E-state index in [1.54, 1.807) is 0 Å². The second-order valence-corrected chi connectivity index (χ2v) is 3.94. The van der Waals surface area contributed by atoms with Gasteiger partial charge in [-0.3, -0.25) is 4.79 Å². The Labute approximate surface area is 72.2 Å². The monoisotopic (exact) mass is 169 g/mol. The average Bonchev–Trinajstić information content (AvgIpc) is 2.46. The van der Waals surface area contributed by atoms with Crippen LogP contribution in [0.5, 0.6) is 0 Å². The molecule has 2 N–H and O–H groups in total. The highest BCUT2D eigenvalue weighted by Crippen LogP contribution is 2.32. The quantitative estimate of drug-likeness (QED) is 0.615. The number of aliphatic carboxylic acids is 1. The van der Waals surface area contributed by atoms with Crippen LogP contribution < -0.4 is 5.32 Å². The topological polar surface area (TPSA) is 49.3 Å². The van der Waals surface area contributed by atoms with Crippen LogP contribution in [-0.4, -0.2) is 23.2 Å². The Kier molecular flexibility index (Phi) is 2.05. The fraction of sp³-hybridized carbons (Fsp3) is 0.889. The van der Waals surface area contributed by atoms with E-state index in [0.29, 0.717) is 12.0 Å². The zero-order chi connectivity index (χ0) is 8.55. The highest BCUT2D eigenvalue weighted by Gasteiger charge is 2.37. The van der Waals surface area contributed by atoms with Crippen molar-refractivity contribution < 1.29 is 9.90 Å². The molecule has 1 saturated carbocycles. The van der Waals surface area contributed by atoms with Gasteiger partial charge in [0.2, 0.25) is 0 Å². The number of carboxylic acid groups (broad SMARTS) is 1. The van der Waals surface area contributed by atoms with Gasteiger partial charge in [0.25, 0.3) is 0 Å². The normalized spacial score (nSPS) is 40.8. The summed E-state index contributed by atoms with van der Waals surface area (Å²) in [6.07, 6.45) is 5.80. The predicted molar refractivity (Wildman–Crippen MR) is 44.9 cm³/mol. The van der Waals surface area contributed by atoms with Gasteiger partial charge in [-0.25, -0.2) is 0 Å². The zero-order valence-electron chi connectivity index (χ0n) is 7.12. The number of hydrogen-bond donors (Lipinski definition) is 2. The molecule has 1 saturated heterocycles. The summed E-state index contributed by atoms with van der Waals surface area (Å²) in [4.78, 5) is 10.7. The van der Waals surface area contributed by atoms with Crippen molar-refractivity contribution in [2.45, 2.75) is 44.2 Å². The molecule has 2 aliphatic rings. The Morgan fingerprint density at radius 3 is 2.75 bits per heavy atom. The minimum Gasteiger partial charge on any atom is -0.480 e. The van der Waals surface area contributed by atoms with Crippen molar-refractivity contribution in [3.8, 4) is 0 Å².